The fourth-order valence-corrected chi connectivity index (χ4v) is 6.31. The Bertz CT molecular complexity index is 1570. The fraction of sp³-hybridized carbons (Fsp3) is 0.667. The molecule has 2 heterocycles. The molecule has 2 aliphatic rings. The molecule has 5 atom stereocenters. The average Bonchev–Trinajstić information content (AvgIpc) is 3.92. The molecule has 2 fully saturated rings. The fourth-order valence-electron chi connectivity index (χ4n) is 6.31. The number of esters is 1. The summed E-state index contributed by atoms with van der Waals surface area (Å²) in [6.45, 7) is 15.2. The summed E-state index contributed by atoms with van der Waals surface area (Å²) >= 11 is 0. The molecular weight excluding hydrogens is 734 g/mol. The van der Waals surface area contributed by atoms with E-state index in [1.54, 1.807) is 6.92 Å². The van der Waals surface area contributed by atoms with Gasteiger partial charge in [-0.25, -0.2) is 4.79 Å². The van der Waals surface area contributed by atoms with Crippen LogP contribution in [0.4, 0.5) is 0 Å². The average molecular weight is 798 g/mol. The number of amides is 4. The molecule has 15 heteroatoms. The van der Waals surface area contributed by atoms with Crippen LogP contribution in [0.15, 0.2) is 30.3 Å². The van der Waals surface area contributed by atoms with E-state index in [1.807, 2.05) is 62.9 Å². The molecule has 15 nitrogen and oxygen atoms in total. The van der Waals surface area contributed by atoms with Crippen LogP contribution in [0.1, 0.15) is 80.2 Å². The molecule has 1 aromatic carbocycles. The number of ketones is 1. The van der Waals surface area contributed by atoms with Gasteiger partial charge in [-0.2, -0.15) is 0 Å². The van der Waals surface area contributed by atoms with Gasteiger partial charge in [-0.3, -0.25) is 33.8 Å². The highest BCUT2D eigenvalue weighted by molar-refractivity contribution is 5.98. The summed E-state index contributed by atoms with van der Waals surface area (Å²) in [5.41, 5.74) is -1.48. The molecule has 4 amide bonds. The number of morpholine rings is 1. The number of carbonyl (C=O) groups is 6. The van der Waals surface area contributed by atoms with Gasteiger partial charge in [0.15, 0.2) is 18.1 Å². The molecule has 3 N–H and O–H groups in total. The summed E-state index contributed by atoms with van der Waals surface area (Å²) in [6.07, 6.45) is 6.44. The van der Waals surface area contributed by atoms with Crippen molar-refractivity contribution >= 4 is 35.4 Å². The standard InChI is InChI=1S/C42H63N5O10/c1-10-20-56-41(7,8)40(53)55-27-47(35(48)25-46-18-21-54-22-19-46)34(17-16-31-14-12-11-13-15-31)39(52)45-33(24-29(4)5)38(51)43-30(6)37(50)44-32(23-28(2)3)36(49)42(9)26-57-42/h1,11-15,28-30,32-34H,16-27H2,2-9H3,(H,43,51)(H,44,50)(H,45,52)/t30-,32-,33-,34-,42+/m0/s1. The molecule has 57 heavy (non-hydrogen) atoms. The smallest absolute Gasteiger partial charge is 0.339 e. The maximum atomic E-state index is 14.5. The first kappa shape index (κ1) is 47.0. The highest BCUT2D eigenvalue weighted by Gasteiger charge is 2.50. The largest absolute Gasteiger partial charge is 0.442 e. The van der Waals surface area contributed by atoms with Crippen molar-refractivity contribution in [2.75, 3.05) is 52.8 Å². The minimum Gasteiger partial charge on any atom is -0.442 e. The van der Waals surface area contributed by atoms with E-state index < -0.39 is 71.7 Å². The van der Waals surface area contributed by atoms with Crippen molar-refractivity contribution in [3.05, 3.63) is 35.9 Å². The van der Waals surface area contributed by atoms with E-state index in [0.717, 1.165) is 5.56 Å². The number of epoxide rings is 1. The SMILES string of the molecule is C#CCOC(C)(C)C(=O)OCN(C(=O)CN1CCOCC1)[C@@H](CCc1ccccc1)C(=O)N[C@@H](CC(C)C)C(=O)N[C@@H](C)C(=O)N[C@@H](CC(C)C)C(=O)[C@@]1(C)CO1. The quantitative estimate of drug-likeness (QED) is 0.0637. The molecule has 2 aliphatic heterocycles. The third-order valence-corrected chi connectivity index (χ3v) is 9.88. The van der Waals surface area contributed by atoms with Crippen LogP contribution >= 0.6 is 0 Å². The van der Waals surface area contributed by atoms with Gasteiger partial charge in [-0.05, 0) is 70.8 Å². The van der Waals surface area contributed by atoms with E-state index in [9.17, 15) is 28.8 Å². The Morgan fingerprint density at radius 1 is 0.912 bits per heavy atom. The van der Waals surface area contributed by atoms with Gasteiger partial charge in [-0.15, -0.1) is 6.42 Å². The van der Waals surface area contributed by atoms with Crippen LogP contribution in [-0.4, -0.2) is 133 Å². The van der Waals surface area contributed by atoms with Gasteiger partial charge < -0.3 is 34.9 Å². The molecule has 0 spiro atoms. The summed E-state index contributed by atoms with van der Waals surface area (Å²) in [5.74, 6) is -0.934. The van der Waals surface area contributed by atoms with Gasteiger partial charge in [-0.1, -0.05) is 63.9 Å². The molecule has 0 aliphatic carbocycles. The zero-order valence-electron chi connectivity index (χ0n) is 34.9. The van der Waals surface area contributed by atoms with E-state index >= 15 is 0 Å². The van der Waals surface area contributed by atoms with Gasteiger partial charge in [0.25, 0.3) is 0 Å². The maximum absolute atomic E-state index is 14.5. The summed E-state index contributed by atoms with van der Waals surface area (Å²) in [4.78, 5) is 85.4. The molecule has 316 valence electrons. The van der Waals surface area contributed by atoms with Gasteiger partial charge in [0.05, 0.1) is 32.4 Å². The first-order valence-corrected chi connectivity index (χ1v) is 19.8. The Kier molecular flexibility index (Phi) is 18.1. The van der Waals surface area contributed by atoms with Crippen molar-refractivity contribution in [1.29, 1.82) is 0 Å². The lowest BCUT2D eigenvalue weighted by molar-refractivity contribution is -0.175. The Labute approximate surface area is 337 Å². The number of nitrogens with one attached hydrogen (secondary N) is 3. The number of hydrogen-bond donors (Lipinski definition) is 3. The summed E-state index contributed by atoms with van der Waals surface area (Å²) < 4.78 is 21.9. The van der Waals surface area contributed by atoms with Crippen LogP contribution in [0.5, 0.6) is 0 Å². The number of aryl methyl sites for hydroxylation is 1. The Balaban J connectivity index is 1.88. The van der Waals surface area contributed by atoms with E-state index in [4.69, 9.17) is 25.4 Å². The number of hydrogen-bond acceptors (Lipinski definition) is 11. The van der Waals surface area contributed by atoms with Crippen LogP contribution in [0.3, 0.4) is 0 Å². The minimum atomic E-state index is -1.44. The maximum Gasteiger partial charge on any atom is 0.339 e. The summed E-state index contributed by atoms with van der Waals surface area (Å²) in [6, 6.07) is 5.27. The lowest BCUT2D eigenvalue weighted by atomic mass is 9.93. The number of carbonyl (C=O) groups excluding carboxylic acids is 6. The van der Waals surface area contributed by atoms with Gasteiger partial charge in [0.1, 0.15) is 30.3 Å². The van der Waals surface area contributed by atoms with Crippen molar-refractivity contribution in [3.8, 4) is 12.3 Å². The van der Waals surface area contributed by atoms with E-state index in [2.05, 4.69) is 21.9 Å². The molecule has 0 radical (unpaired) electrons. The van der Waals surface area contributed by atoms with Crippen LogP contribution in [0.2, 0.25) is 0 Å². The molecule has 3 rings (SSSR count). The van der Waals surface area contributed by atoms with Crippen LogP contribution in [0.25, 0.3) is 0 Å². The molecule has 2 saturated heterocycles. The molecule has 1 aromatic rings. The summed E-state index contributed by atoms with van der Waals surface area (Å²) in [7, 11) is 0. The Morgan fingerprint density at radius 3 is 2.09 bits per heavy atom. The van der Waals surface area contributed by atoms with Crippen molar-refractivity contribution in [1.82, 2.24) is 25.8 Å². The van der Waals surface area contributed by atoms with Gasteiger partial charge in [0.2, 0.25) is 23.6 Å². The Morgan fingerprint density at radius 2 is 1.51 bits per heavy atom. The normalized spacial score (nSPS) is 19.0. The zero-order chi connectivity index (χ0) is 42.3. The number of nitrogens with zero attached hydrogens (tertiary/aromatic N) is 2. The number of ether oxygens (including phenoxy) is 4. The third-order valence-electron chi connectivity index (χ3n) is 9.88. The first-order valence-electron chi connectivity index (χ1n) is 19.8. The lowest BCUT2D eigenvalue weighted by Crippen LogP contribution is -2.59. The Hall–Kier alpha value is -4.36. The third kappa shape index (κ3) is 15.2. The lowest BCUT2D eigenvalue weighted by Gasteiger charge is -2.35. The van der Waals surface area contributed by atoms with Crippen LogP contribution in [-0.2, 0) is 54.1 Å². The first-order chi connectivity index (χ1) is 26.9. The summed E-state index contributed by atoms with van der Waals surface area (Å²) in [5, 5.41) is 8.36. The number of benzene rings is 1. The predicted octanol–water partition coefficient (Wildman–Crippen LogP) is 2.00. The minimum absolute atomic E-state index is 0.0643. The molecule has 0 saturated carbocycles. The second-order valence-corrected chi connectivity index (χ2v) is 16.4. The highest BCUT2D eigenvalue weighted by atomic mass is 16.6. The zero-order valence-corrected chi connectivity index (χ0v) is 34.9. The topological polar surface area (TPSA) is 185 Å². The predicted molar refractivity (Wildman–Crippen MR) is 212 cm³/mol. The number of rotatable bonds is 23. The van der Waals surface area contributed by atoms with Crippen molar-refractivity contribution in [2.45, 2.75) is 116 Å². The van der Waals surface area contributed by atoms with Gasteiger partial charge >= 0.3 is 5.97 Å². The van der Waals surface area contributed by atoms with Crippen LogP contribution in [0, 0.1) is 24.2 Å². The molecular formula is C42H63N5O10. The number of terminal acetylenes is 1. The van der Waals surface area contributed by atoms with E-state index in [0.29, 0.717) is 39.1 Å². The molecule has 0 bridgehead atoms. The highest BCUT2D eigenvalue weighted by Crippen LogP contribution is 2.29. The second-order valence-electron chi connectivity index (χ2n) is 16.4. The number of Topliss-reactive ketones (excluding diaryl/α,β-unsaturated/α-hetero) is 1. The van der Waals surface area contributed by atoms with Crippen molar-refractivity contribution in [3.63, 3.8) is 0 Å². The monoisotopic (exact) mass is 797 g/mol. The van der Waals surface area contributed by atoms with Crippen LogP contribution < -0.4 is 16.0 Å². The molecule has 0 unspecified atom stereocenters. The van der Waals surface area contributed by atoms with Crippen molar-refractivity contribution in [2.24, 2.45) is 11.8 Å². The molecule has 0 aromatic heterocycles. The van der Waals surface area contributed by atoms with Gasteiger partial charge in [0, 0.05) is 13.1 Å². The van der Waals surface area contributed by atoms with Crippen molar-refractivity contribution < 1.29 is 47.7 Å². The van der Waals surface area contributed by atoms with E-state index in [-0.39, 0.29) is 50.2 Å². The second kappa shape index (κ2) is 22.0. The van der Waals surface area contributed by atoms with E-state index in [1.165, 1.54) is 25.7 Å².